The molecule has 1 aromatic heterocycles. The predicted molar refractivity (Wildman–Crippen MR) is 73.4 cm³/mol. The first-order valence-electron chi connectivity index (χ1n) is 7.18. The smallest absolute Gasteiger partial charge is 0.226 e. The molecule has 1 unspecified atom stereocenters. The molecule has 2 fully saturated rings. The topological polar surface area (TPSA) is 45.2 Å². The number of nitrogens with one attached hydrogen (secondary N) is 1. The molecule has 2 aliphatic heterocycles. The molecule has 0 bridgehead atoms. The van der Waals surface area contributed by atoms with Crippen LogP contribution in [0.1, 0.15) is 31.2 Å². The Bertz CT molecular complexity index is 448. The summed E-state index contributed by atoms with van der Waals surface area (Å²) >= 11 is 0. The maximum absolute atomic E-state index is 12.0. The van der Waals surface area contributed by atoms with Crippen LogP contribution < -0.4 is 5.32 Å². The van der Waals surface area contributed by atoms with Crippen LogP contribution in [-0.2, 0) is 11.3 Å². The molecular formula is C15H21N3O. The molecule has 4 nitrogen and oxygen atoms in total. The summed E-state index contributed by atoms with van der Waals surface area (Å²) in [4.78, 5) is 18.6. The van der Waals surface area contributed by atoms with E-state index in [2.05, 4.69) is 27.3 Å². The number of nitrogens with zero attached hydrogens (tertiary/aromatic N) is 2. The second-order valence-corrected chi connectivity index (χ2v) is 5.77. The number of pyridine rings is 1. The highest BCUT2D eigenvalue weighted by Crippen LogP contribution is 2.38. The molecule has 0 saturated carbocycles. The van der Waals surface area contributed by atoms with Crippen LogP contribution in [-0.4, -0.2) is 35.4 Å². The van der Waals surface area contributed by atoms with Gasteiger partial charge in [0.05, 0.1) is 5.41 Å². The van der Waals surface area contributed by atoms with Crippen molar-refractivity contribution in [1.82, 2.24) is 15.2 Å². The third kappa shape index (κ3) is 2.63. The third-order valence-electron chi connectivity index (χ3n) is 4.56. The van der Waals surface area contributed by atoms with Crippen molar-refractivity contribution in [2.45, 2.75) is 32.2 Å². The van der Waals surface area contributed by atoms with Crippen molar-refractivity contribution in [1.29, 1.82) is 0 Å². The Labute approximate surface area is 114 Å². The normalized spacial score (nSPS) is 28.3. The lowest BCUT2D eigenvalue weighted by Crippen LogP contribution is -2.32. The Morgan fingerprint density at radius 2 is 2.05 bits per heavy atom. The zero-order valence-electron chi connectivity index (χ0n) is 11.3. The summed E-state index contributed by atoms with van der Waals surface area (Å²) in [5.74, 6) is 0.290. The summed E-state index contributed by atoms with van der Waals surface area (Å²) in [6.07, 6.45) is 7.89. The van der Waals surface area contributed by atoms with Crippen molar-refractivity contribution >= 4 is 5.91 Å². The third-order valence-corrected chi connectivity index (χ3v) is 4.56. The predicted octanol–water partition coefficient (Wildman–Crippen LogP) is 1.57. The van der Waals surface area contributed by atoms with E-state index in [4.69, 9.17) is 0 Å². The standard InChI is InChI=1S/C15H21N3O/c19-14-15(5-9-17-14)4-1-10-18(11-6-15)12-13-2-7-16-8-3-13/h2-3,7-8H,1,4-6,9-12H2,(H,17,19). The molecule has 19 heavy (non-hydrogen) atoms. The highest BCUT2D eigenvalue weighted by molar-refractivity contribution is 5.84. The Hall–Kier alpha value is -1.42. The summed E-state index contributed by atoms with van der Waals surface area (Å²) in [5, 5.41) is 3.01. The Kier molecular flexibility index (Phi) is 3.51. The SMILES string of the molecule is O=C1NCCC12CCCN(Cc1ccncc1)CC2. The average Bonchev–Trinajstić information content (AvgIpc) is 2.66. The van der Waals surface area contributed by atoms with E-state index >= 15 is 0 Å². The van der Waals surface area contributed by atoms with E-state index in [0.29, 0.717) is 5.91 Å². The molecule has 1 atom stereocenters. The number of amides is 1. The number of likely N-dealkylation sites (tertiary alicyclic amines) is 1. The molecular weight excluding hydrogens is 238 g/mol. The van der Waals surface area contributed by atoms with Gasteiger partial charge in [0.2, 0.25) is 5.91 Å². The highest BCUT2D eigenvalue weighted by Gasteiger charge is 2.42. The van der Waals surface area contributed by atoms with Crippen LogP contribution in [0.25, 0.3) is 0 Å². The minimum atomic E-state index is -0.0625. The van der Waals surface area contributed by atoms with Gasteiger partial charge >= 0.3 is 0 Å². The van der Waals surface area contributed by atoms with E-state index in [0.717, 1.165) is 51.9 Å². The molecule has 1 N–H and O–H groups in total. The van der Waals surface area contributed by atoms with Crippen molar-refractivity contribution in [2.24, 2.45) is 5.41 Å². The van der Waals surface area contributed by atoms with Crippen LogP contribution in [0.5, 0.6) is 0 Å². The van der Waals surface area contributed by atoms with Gasteiger partial charge < -0.3 is 5.32 Å². The molecule has 1 aromatic rings. The fourth-order valence-corrected chi connectivity index (χ4v) is 3.35. The average molecular weight is 259 g/mol. The molecule has 3 heterocycles. The number of hydrogen-bond donors (Lipinski definition) is 1. The van der Waals surface area contributed by atoms with E-state index < -0.39 is 0 Å². The van der Waals surface area contributed by atoms with E-state index in [1.165, 1.54) is 5.56 Å². The van der Waals surface area contributed by atoms with Gasteiger partial charge in [0.25, 0.3) is 0 Å². The highest BCUT2D eigenvalue weighted by atomic mass is 16.2. The lowest BCUT2D eigenvalue weighted by Gasteiger charge is -2.24. The Balaban J connectivity index is 1.63. The summed E-state index contributed by atoms with van der Waals surface area (Å²) in [7, 11) is 0. The Morgan fingerprint density at radius 3 is 2.79 bits per heavy atom. The van der Waals surface area contributed by atoms with E-state index in [1.54, 1.807) is 0 Å². The monoisotopic (exact) mass is 259 g/mol. The zero-order valence-corrected chi connectivity index (χ0v) is 11.3. The summed E-state index contributed by atoms with van der Waals surface area (Å²) in [5.41, 5.74) is 1.24. The van der Waals surface area contributed by atoms with Crippen molar-refractivity contribution in [3.63, 3.8) is 0 Å². The van der Waals surface area contributed by atoms with Crippen LogP contribution in [0.4, 0.5) is 0 Å². The molecule has 2 saturated heterocycles. The second kappa shape index (κ2) is 5.29. The molecule has 2 aliphatic rings. The maximum Gasteiger partial charge on any atom is 0.226 e. The minimum Gasteiger partial charge on any atom is -0.356 e. The molecule has 0 aromatic carbocycles. The van der Waals surface area contributed by atoms with E-state index in [-0.39, 0.29) is 5.41 Å². The number of aromatic nitrogens is 1. The first-order chi connectivity index (χ1) is 9.28. The largest absolute Gasteiger partial charge is 0.356 e. The second-order valence-electron chi connectivity index (χ2n) is 5.77. The maximum atomic E-state index is 12.0. The molecule has 0 aliphatic carbocycles. The van der Waals surface area contributed by atoms with Crippen molar-refractivity contribution in [3.8, 4) is 0 Å². The van der Waals surface area contributed by atoms with Crippen LogP contribution in [0, 0.1) is 5.41 Å². The van der Waals surface area contributed by atoms with Gasteiger partial charge in [-0.15, -0.1) is 0 Å². The van der Waals surface area contributed by atoms with Crippen LogP contribution >= 0.6 is 0 Å². The summed E-state index contributed by atoms with van der Waals surface area (Å²) in [6.45, 7) is 3.95. The molecule has 3 rings (SSSR count). The fourth-order valence-electron chi connectivity index (χ4n) is 3.35. The van der Waals surface area contributed by atoms with Gasteiger partial charge in [-0.3, -0.25) is 14.7 Å². The van der Waals surface area contributed by atoms with Gasteiger partial charge in [-0.2, -0.15) is 0 Å². The first kappa shape index (κ1) is 12.6. The summed E-state index contributed by atoms with van der Waals surface area (Å²) in [6, 6.07) is 4.14. The number of carbonyl (C=O) groups excluding carboxylic acids is 1. The van der Waals surface area contributed by atoms with Gasteiger partial charge in [-0.25, -0.2) is 0 Å². The van der Waals surface area contributed by atoms with Gasteiger partial charge in [0.1, 0.15) is 0 Å². The van der Waals surface area contributed by atoms with E-state index in [9.17, 15) is 4.79 Å². The van der Waals surface area contributed by atoms with E-state index in [1.807, 2.05) is 12.4 Å². The van der Waals surface area contributed by atoms with Crippen molar-refractivity contribution in [2.75, 3.05) is 19.6 Å². The lowest BCUT2D eigenvalue weighted by molar-refractivity contribution is -0.128. The molecule has 1 amide bonds. The number of carbonyl (C=O) groups is 1. The van der Waals surface area contributed by atoms with Crippen LogP contribution in [0.15, 0.2) is 24.5 Å². The number of hydrogen-bond acceptors (Lipinski definition) is 3. The van der Waals surface area contributed by atoms with Crippen molar-refractivity contribution < 1.29 is 4.79 Å². The fraction of sp³-hybridized carbons (Fsp3) is 0.600. The van der Waals surface area contributed by atoms with Gasteiger partial charge in [0, 0.05) is 25.5 Å². The van der Waals surface area contributed by atoms with Gasteiger partial charge in [0.15, 0.2) is 0 Å². The molecule has 0 radical (unpaired) electrons. The molecule has 102 valence electrons. The lowest BCUT2D eigenvalue weighted by atomic mass is 9.79. The minimum absolute atomic E-state index is 0.0625. The van der Waals surface area contributed by atoms with Gasteiger partial charge in [-0.1, -0.05) is 0 Å². The van der Waals surface area contributed by atoms with Crippen LogP contribution in [0.2, 0.25) is 0 Å². The number of rotatable bonds is 2. The quantitative estimate of drug-likeness (QED) is 0.877. The summed E-state index contributed by atoms with van der Waals surface area (Å²) < 4.78 is 0. The van der Waals surface area contributed by atoms with Crippen LogP contribution in [0.3, 0.4) is 0 Å². The molecule has 4 heteroatoms. The zero-order chi connectivity index (χ0) is 13.1. The Morgan fingerprint density at radius 1 is 1.21 bits per heavy atom. The molecule has 1 spiro atoms. The van der Waals surface area contributed by atoms with Crippen molar-refractivity contribution in [3.05, 3.63) is 30.1 Å². The van der Waals surface area contributed by atoms with Gasteiger partial charge in [-0.05, 0) is 56.5 Å². The first-order valence-corrected chi connectivity index (χ1v) is 7.18.